The van der Waals surface area contributed by atoms with E-state index in [1.54, 1.807) is 17.0 Å². The summed E-state index contributed by atoms with van der Waals surface area (Å²) in [5.41, 5.74) is 0.00315. The molecule has 4 rings (SSSR count). The molecule has 3 fully saturated rings. The molecule has 3 saturated heterocycles. The van der Waals surface area contributed by atoms with Crippen molar-refractivity contribution in [3.63, 3.8) is 0 Å². The molecule has 1 spiro atoms. The number of nitrogens with zero attached hydrogens (tertiary/aromatic N) is 2. The Kier molecular flexibility index (Phi) is 3.83. The van der Waals surface area contributed by atoms with Crippen LogP contribution in [0.4, 0.5) is 4.39 Å². The lowest BCUT2D eigenvalue weighted by molar-refractivity contribution is -0.141. The average molecular weight is 346 g/mol. The maximum atomic E-state index is 13.4. The molecule has 0 N–H and O–H groups in total. The van der Waals surface area contributed by atoms with Gasteiger partial charge in [-0.15, -0.1) is 0 Å². The third-order valence-corrected chi connectivity index (χ3v) is 5.82. The van der Waals surface area contributed by atoms with Gasteiger partial charge in [-0.25, -0.2) is 4.39 Å². The van der Waals surface area contributed by atoms with Crippen molar-refractivity contribution in [2.45, 2.75) is 50.9 Å². The zero-order valence-corrected chi connectivity index (χ0v) is 14.6. The van der Waals surface area contributed by atoms with Crippen molar-refractivity contribution >= 4 is 11.8 Å². The fraction of sp³-hybridized carbons (Fsp3) is 0.579. The summed E-state index contributed by atoms with van der Waals surface area (Å²) in [5.74, 6) is -0.0217. The van der Waals surface area contributed by atoms with Gasteiger partial charge in [-0.3, -0.25) is 9.59 Å². The molecule has 25 heavy (non-hydrogen) atoms. The summed E-state index contributed by atoms with van der Waals surface area (Å²) in [5, 5.41) is 0. The van der Waals surface area contributed by atoms with Gasteiger partial charge in [0.25, 0.3) is 0 Å². The molecule has 134 valence electrons. The molecule has 0 saturated carbocycles. The quantitative estimate of drug-likeness (QED) is 0.841. The number of likely N-dealkylation sites (tertiary alicyclic amines) is 1. The first-order valence-corrected chi connectivity index (χ1v) is 8.92. The average Bonchev–Trinajstić information content (AvgIpc) is 3.16. The smallest absolute Gasteiger partial charge is 0.227 e. The Morgan fingerprint density at radius 3 is 2.96 bits per heavy atom. The number of carbonyl (C=O) groups is 2. The largest absolute Gasteiger partial charge is 0.351 e. The van der Waals surface area contributed by atoms with Crippen LogP contribution in [0.15, 0.2) is 24.3 Å². The molecule has 0 aromatic heterocycles. The molecule has 3 aliphatic rings. The molecule has 0 radical (unpaired) electrons. The number of rotatable bonds is 3. The summed E-state index contributed by atoms with van der Waals surface area (Å²) in [6.45, 7) is 5.30. The third-order valence-electron chi connectivity index (χ3n) is 5.82. The van der Waals surface area contributed by atoms with Crippen LogP contribution in [0, 0.1) is 11.7 Å². The second-order valence-electron chi connectivity index (χ2n) is 7.59. The lowest BCUT2D eigenvalue weighted by Crippen LogP contribution is -2.51. The highest BCUT2D eigenvalue weighted by molar-refractivity contribution is 5.85. The van der Waals surface area contributed by atoms with E-state index in [9.17, 15) is 14.0 Å². The fourth-order valence-electron chi connectivity index (χ4n) is 4.59. The normalized spacial score (nSPS) is 31.0. The van der Waals surface area contributed by atoms with E-state index in [1.807, 2.05) is 4.90 Å². The Labute approximate surface area is 146 Å². The van der Waals surface area contributed by atoms with Gasteiger partial charge < -0.3 is 14.5 Å². The second-order valence-corrected chi connectivity index (χ2v) is 7.59. The Morgan fingerprint density at radius 1 is 1.44 bits per heavy atom. The van der Waals surface area contributed by atoms with Crippen LogP contribution >= 0.6 is 0 Å². The lowest BCUT2D eigenvalue weighted by Gasteiger charge is -2.34. The van der Waals surface area contributed by atoms with Crippen LogP contribution in [0.2, 0.25) is 0 Å². The molecule has 3 aliphatic heterocycles. The Hall–Kier alpha value is -1.95. The minimum Gasteiger partial charge on any atom is -0.351 e. The number of hydrogen-bond acceptors (Lipinski definition) is 3. The maximum Gasteiger partial charge on any atom is 0.227 e. The van der Waals surface area contributed by atoms with E-state index in [1.165, 1.54) is 12.1 Å². The van der Waals surface area contributed by atoms with E-state index in [0.717, 1.165) is 0 Å². The summed E-state index contributed by atoms with van der Waals surface area (Å²) in [6.07, 6.45) is 1.12. The van der Waals surface area contributed by atoms with Gasteiger partial charge >= 0.3 is 0 Å². The van der Waals surface area contributed by atoms with Crippen LogP contribution in [0.25, 0.3) is 0 Å². The minimum absolute atomic E-state index is 0.0706. The minimum atomic E-state index is -0.649. The highest BCUT2D eigenvalue weighted by Crippen LogP contribution is 2.48. The zero-order valence-electron chi connectivity index (χ0n) is 14.6. The van der Waals surface area contributed by atoms with Gasteiger partial charge in [0.15, 0.2) is 5.72 Å². The van der Waals surface area contributed by atoms with Gasteiger partial charge in [0.05, 0.1) is 31.5 Å². The summed E-state index contributed by atoms with van der Waals surface area (Å²) >= 11 is 0. The number of ether oxygens (including phenoxy) is 1. The van der Waals surface area contributed by atoms with E-state index in [4.69, 9.17) is 4.74 Å². The predicted molar refractivity (Wildman–Crippen MR) is 89.0 cm³/mol. The summed E-state index contributed by atoms with van der Waals surface area (Å²) in [7, 11) is 0. The van der Waals surface area contributed by atoms with Gasteiger partial charge in [-0.05, 0) is 23.6 Å². The van der Waals surface area contributed by atoms with E-state index in [-0.39, 0.29) is 36.1 Å². The molecule has 0 aliphatic carbocycles. The predicted octanol–water partition coefficient (Wildman–Crippen LogP) is 1.95. The standard InChI is InChI=1S/C19H23FN2O3/c1-12(2)15-11-25-19-6-7-21(16(19)10-18(24)22(15)19)17(23)9-13-4-3-5-14(20)8-13/h3-5,8,12,15-16H,6-7,9-11H2,1-2H3/t15-,16+,19-/m0/s1. The topological polar surface area (TPSA) is 49.9 Å². The summed E-state index contributed by atoms with van der Waals surface area (Å²) in [4.78, 5) is 29.1. The third kappa shape index (κ3) is 2.46. The van der Waals surface area contributed by atoms with Crippen molar-refractivity contribution in [1.29, 1.82) is 0 Å². The van der Waals surface area contributed by atoms with Crippen molar-refractivity contribution in [3.05, 3.63) is 35.6 Å². The Morgan fingerprint density at radius 2 is 2.24 bits per heavy atom. The van der Waals surface area contributed by atoms with E-state index < -0.39 is 5.72 Å². The first-order valence-electron chi connectivity index (χ1n) is 8.92. The fourth-order valence-corrected chi connectivity index (χ4v) is 4.59. The first-order chi connectivity index (χ1) is 11.9. The molecule has 2 amide bonds. The molecule has 0 bridgehead atoms. The number of hydrogen-bond donors (Lipinski definition) is 0. The van der Waals surface area contributed by atoms with Gasteiger partial charge in [0, 0.05) is 13.0 Å². The second kappa shape index (κ2) is 5.80. The molecule has 3 heterocycles. The highest BCUT2D eigenvalue weighted by Gasteiger charge is 2.65. The monoisotopic (exact) mass is 346 g/mol. The molecule has 5 nitrogen and oxygen atoms in total. The lowest BCUT2D eigenvalue weighted by atomic mass is 10.0. The molecule has 1 aromatic carbocycles. The van der Waals surface area contributed by atoms with E-state index >= 15 is 0 Å². The van der Waals surface area contributed by atoms with Crippen molar-refractivity contribution in [3.8, 4) is 0 Å². The molecule has 0 unspecified atom stereocenters. The van der Waals surface area contributed by atoms with Crippen LogP contribution in [0.3, 0.4) is 0 Å². The first kappa shape index (κ1) is 16.5. The number of benzene rings is 1. The Bertz CT molecular complexity index is 722. The molecule has 3 atom stereocenters. The van der Waals surface area contributed by atoms with Gasteiger partial charge in [0.2, 0.25) is 11.8 Å². The maximum absolute atomic E-state index is 13.4. The van der Waals surface area contributed by atoms with Crippen molar-refractivity contribution in [2.75, 3.05) is 13.2 Å². The van der Waals surface area contributed by atoms with Gasteiger partial charge in [-0.1, -0.05) is 26.0 Å². The number of carbonyl (C=O) groups excluding carboxylic acids is 2. The SMILES string of the molecule is CC(C)[C@@H]1CO[C@@]23CCN(C(=O)Cc4cccc(F)c4)[C@@H]2CC(=O)N13. The van der Waals surface area contributed by atoms with Gasteiger partial charge in [-0.2, -0.15) is 0 Å². The van der Waals surface area contributed by atoms with Crippen LogP contribution < -0.4 is 0 Å². The van der Waals surface area contributed by atoms with E-state index in [2.05, 4.69) is 13.8 Å². The molecular formula is C19H23FN2O3. The van der Waals surface area contributed by atoms with Crippen LogP contribution in [-0.2, 0) is 20.7 Å². The van der Waals surface area contributed by atoms with Crippen molar-refractivity contribution in [2.24, 2.45) is 5.92 Å². The van der Waals surface area contributed by atoms with Crippen LogP contribution in [0.5, 0.6) is 0 Å². The molecular weight excluding hydrogens is 323 g/mol. The Balaban J connectivity index is 1.55. The molecule has 6 heteroatoms. The summed E-state index contributed by atoms with van der Waals surface area (Å²) < 4.78 is 19.5. The van der Waals surface area contributed by atoms with Crippen LogP contribution in [-0.4, -0.2) is 52.6 Å². The van der Waals surface area contributed by atoms with Gasteiger partial charge in [0.1, 0.15) is 5.82 Å². The number of amides is 2. The highest BCUT2D eigenvalue weighted by atomic mass is 19.1. The number of halogens is 1. The van der Waals surface area contributed by atoms with Crippen molar-refractivity contribution in [1.82, 2.24) is 9.80 Å². The van der Waals surface area contributed by atoms with E-state index in [0.29, 0.717) is 37.5 Å². The zero-order chi connectivity index (χ0) is 17.8. The van der Waals surface area contributed by atoms with Crippen molar-refractivity contribution < 1.29 is 18.7 Å². The molecule has 1 aromatic rings. The van der Waals surface area contributed by atoms with Crippen LogP contribution in [0.1, 0.15) is 32.3 Å². The summed E-state index contributed by atoms with van der Waals surface area (Å²) in [6, 6.07) is 5.96.